The zero-order valence-corrected chi connectivity index (χ0v) is 21.7. The molecule has 1 amide bonds. The van der Waals surface area contributed by atoms with Crippen LogP contribution in [0.5, 0.6) is 28.7 Å². The molecule has 0 spiro atoms. The van der Waals surface area contributed by atoms with Crippen LogP contribution >= 0.6 is 9.47 Å². The second-order valence-electron chi connectivity index (χ2n) is 8.90. The van der Waals surface area contributed by atoms with Gasteiger partial charge in [0.1, 0.15) is 46.0 Å². The number of amides is 1. The van der Waals surface area contributed by atoms with Gasteiger partial charge in [-0.25, -0.2) is 4.79 Å². The maximum atomic E-state index is 13.0. The molecular formula is C27H27N2O9P. The number of carbonyl (C=O) groups is 3. The molecule has 1 heterocycles. The van der Waals surface area contributed by atoms with E-state index in [2.05, 4.69) is 20.1 Å². The molecule has 1 unspecified atom stereocenters. The number of benzene rings is 3. The molecule has 1 aliphatic heterocycles. The molecular weight excluding hydrogens is 527 g/mol. The predicted molar refractivity (Wildman–Crippen MR) is 142 cm³/mol. The minimum Gasteiger partial charge on any atom is -0.507 e. The first-order valence-corrected chi connectivity index (χ1v) is 12.5. The minimum absolute atomic E-state index is 0.238. The van der Waals surface area contributed by atoms with E-state index in [1.165, 1.54) is 6.07 Å². The van der Waals surface area contributed by atoms with Gasteiger partial charge in [0.25, 0.3) is 5.91 Å². The highest BCUT2D eigenvalue weighted by molar-refractivity contribution is 7.10. The van der Waals surface area contributed by atoms with E-state index in [9.17, 15) is 34.8 Å². The number of phenols is 4. The van der Waals surface area contributed by atoms with Crippen molar-refractivity contribution in [1.29, 1.82) is 0 Å². The number of rotatable bonds is 7. The lowest BCUT2D eigenvalue weighted by Gasteiger charge is -2.26. The standard InChI is InChI=1S/C27H27N2O9P/c30-18-3-1-4-19(31)23(18)25(34)24-20(32)11-15(12-21(24)33)27(36)37-22-5-2-10-28-13-17(22)29-26(35)14-6-8-16(38-39)9-7-14/h1,3-4,6-9,11-12,17,22,28,30-33H,2,5,10,13,39H2,(H,29,35)/t17-,22-/m1/s1. The Kier molecular flexibility index (Phi) is 8.53. The number of hydrogen-bond donors (Lipinski definition) is 6. The maximum Gasteiger partial charge on any atom is 0.338 e. The van der Waals surface area contributed by atoms with Crippen LogP contribution in [0.15, 0.2) is 54.6 Å². The van der Waals surface area contributed by atoms with E-state index >= 15 is 0 Å². The lowest BCUT2D eigenvalue weighted by molar-refractivity contribution is 0.0191. The summed E-state index contributed by atoms with van der Waals surface area (Å²) in [6.45, 7) is 0.989. The van der Waals surface area contributed by atoms with Crippen LogP contribution in [0.3, 0.4) is 0 Å². The zero-order valence-electron chi connectivity index (χ0n) is 20.6. The van der Waals surface area contributed by atoms with Crippen molar-refractivity contribution in [2.24, 2.45) is 0 Å². The van der Waals surface area contributed by atoms with Gasteiger partial charge in [-0.1, -0.05) is 6.07 Å². The third-order valence-corrected chi connectivity index (χ3v) is 6.56. The second-order valence-corrected chi connectivity index (χ2v) is 9.14. The average Bonchev–Trinajstić information content (AvgIpc) is 3.12. The third kappa shape index (κ3) is 6.22. The van der Waals surface area contributed by atoms with Gasteiger partial charge >= 0.3 is 5.97 Å². The van der Waals surface area contributed by atoms with Gasteiger partial charge < -0.3 is 40.3 Å². The van der Waals surface area contributed by atoms with Crippen molar-refractivity contribution in [2.75, 3.05) is 13.1 Å². The SMILES string of the molecule is O=C(N[C@@H]1CNCCC[C@H]1OC(=O)c1cc(O)c(C(=O)c2c(O)cccc2O)c(O)c1)c1ccc(OP)cc1. The van der Waals surface area contributed by atoms with Crippen molar-refractivity contribution in [3.8, 4) is 28.7 Å². The van der Waals surface area contributed by atoms with Crippen LogP contribution in [0, 0.1) is 0 Å². The van der Waals surface area contributed by atoms with Crippen LogP contribution in [0.4, 0.5) is 0 Å². The van der Waals surface area contributed by atoms with Crippen LogP contribution < -0.4 is 15.2 Å². The summed E-state index contributed by atoms with van der Waals surface area (Å²) in [5.74, 6) is -4.34. The quantitative estimate of drug-likeness (QED) is 0.145. The van der Waals surface area contributed by atoms with Crippen molar-refractivity contribution >= 4 is 27.1 Å². The van der Waals surface area contributed by atoms with Crippen molar-refractivity contribution in [3.05, 3.63) is 76.9 Å². The molecule has 0 aliphatic carbocycles. The van der Waals surface area contributed by atoms with Gasteiger partial charge in [0.15, 0.2) is 0 Å². The largest absolute Gasteiger partial charge is 0.507 e. The molecule has 6 N–H and O–H groups in total. The molecule has 204 valence electrons. The molecule has 4 rings (SSSR count). The Morgan fingerprint density at radius 3 is 2.10 bits per heavy atom. The second kappa shape index (κ2) is 12.0. The van der Waals surface area contributed by atoms with E-state index in [4.69, 9.17) is 9.26 Å². The maximum absolute atomic E-state index is 13.0. The minimum atomic E-state index is -1.05. The first kappa shape index (κ1) is 27.7. The molecule has 3 atom stereocenters. The summed E-state index contributed by atoms with van der Waals surface area (Å²) in [6.07, 6.45) is 0.373. The summed E-state index contributed by atoms with van der Waals surface area (Å²) in [5, 5.41) is 47.0. The highest BCUT2D eigenvalue weighted by Crippen LogP contribution is 2.36. The molecule has 3 aromatic carbocycles. The summed E-state index contributed by atoms with van der Waals surface area (Å²) in [4.78, 5) is 38.7. The monoisotopic (exact) mass is 554 g/mol. The summed E-state index contributed by atoms with van der Waals surface area (Å²) in [6, 6.07) is 11.4. The fourth-order valence-electron chi connectivity index (χ4n) is 4.29. The van der Waals surface area contributed by atoms with Crippen LogP contribution in [-0.2, 0) is 4.74 Å². The van der Waals surface area contributed by atoms with Gasteiger partial charge in [-0.05, 0) is 67.9 Å². The van der Waals surface area contributed by atoms with Crippen molar-refractivity contribution in [3.63, 3.8) is 0 Å². The average molecular weight is 554 g/mol. The normalized spacial score (nSPS) is 17.1. The van der Waals surface area contributed by atoms with Gasteiger partial charge in [-0.2, -0.15) is 0 Å². The van der Waals surface area contributed by atoms with Crippen molar-refractivity contribution in [2.45, 2.75) is 25.0 Å². The Morgan fingerprint density at radius 1 is 0.872 bits per heavy atom. The Balaban J connectivity index is 1.52. The molecule has 1 fully saturated rings. The molecule has 0 bridgehead atoms. The molecule has 1 saturated heterocycles. The van der Waals surface area contributed by atoms with E-state index in [1.54, 1.807) is 24.3 Å². The lowest BCUT2D eigenvalue weighted by atomic mass is 9.98. The summed E-state index contributed by atoms with van der Waals surface area (Å²) in [7, 11) is 2.12. The zero-order chi connectivity index (χ0) is 28.1. The lowest BCUT2D eigenvalue weighted by Crippen LogP contribution is -2.49. The smallest absolute Gasteiger partial charge is 0.338 e. The van der Waals surface area contributed by atoms with Gasteiger partial charge in [0.05, 0.1) is 21.1 Å². The summed E-state index contributed by atoms with van der Waals surface area (Å²) < 4.78 is 10.7. The number of ketones is 1. The van der Waals surface area contributed by atoms with E-state index in [0.29, 0.717) is 37.2 Å². The highest BCUT2D eigenvalue weighted by atomic mass is 31.0. The first-order chi connectivity index (χ1) is 18.7. The molecule has 11 nitrogen and oxygen atoms in total. The molecule has 39 heavy (non-hydrogen) atoms. The molecule has 0 saturated carbocycles. The van der Waals surface area contributed by atoms with E-state index in [-0.39, 0.29) is 11.5 Å². The van der Waals surface area contributed by atoms with Gasteiger partial charge in [-0.15, -0.1) is 0 Å². The Morgan fingerprint density at radius 2 is 1.49 bits per heavy atom. The highest BCUT2D eigenvalue weighted by Gasteiger charge is 2.31. The van der Waals surface area contributed by atoms with Gasteiger partial charge in [0, 0.05) is 12.1 Å². The van der Waals surface area contributed by atoms with Crippen molar-refractivity contribution in [1.82, 2.24) is 10.6 Å². The Labute approximate surface area is 225 Å². The van der Waals surface area contributed by atoms with Gasteiger partial charge in [0.2, 0.25) is 5.78 Å². The first-order valence-electron chi connectivity index (χ1n) is 12.0. The van der Waals surface area contributed by atoms with Crippen LogP contribution in [0.2, 0.25) is 0 Å². The molecule has 1 aliphatic rings. The summed E-state index contributed by atoms with van der Waals surface area (Å²) in [5.41, 5.74) is -0.969. The van der Waals surface area contributed by atoms with Crippen LogP contribution in [0.1, 0.15) is 49.5 Å². The Hall–Kier alpha value is -4.34. The van der Waals surface area contributed by atoms with Crippen LogP contribution in [-0.4, -0.2) is 63.3 Å². The number of ether oxygens (including phenoxy) is 1. The number of aromatic hydroxyl groups is 4. The molecule has 12 heteroatoms. The molecule has 0 aromatic heterocycles. The number of phenolic OH excluding ortho intramolecular Hbond substituents is 4. The van der Waals surface area contributed by atoms with Gasteiger partial charge in [-0.3, -0.25) is 9.59 Å². The number of carbonyl (C=O) groups excluding carboxylic acids is 3. The molecule has 3 aromatic rings. The van der Waals surface area contributed by atoms with E-state index < -0.39 is 58.0 Å². The number of nitrogens with one attached hydrogen (secondary N) is 2. The molecule has 0 radical (unpaired) electrons. The number of hydrogen-bond acceptors (Lipinski definition) is 10. The fraction of sp³-hybridized carbons (Fsp3) is 0.222. The van der Waals surface area contributed by atoms with Crippen LogP contribution in [0.25, 0.3) is 0 Å². The van der Waals surface area contributed by atoms with E-state index in [0.717, 1.165) is 24.3 Å². The third-order valence-electron chi connectivity index (χ3n) is 6.29. The number of esters is 1. The topological polar surface area (TPSA) is 175 Å². The Bertz CT molecular complexity index is 1350. The summed E-state index contributed by atoms with van der Waals surface area (Å²) >= 11 is 0. The fourth-order valence-corrected chi connectivity index (χ4v) is 4.45. The van der Waals surface area contributed by atoms with E-state index in [1.807, 2.05) is 0 Å². The van der Waals surface area contributed by atoms with Crippen molar-refractivity contribution < 1.29 is 44.1 Å². The predicted octanol–water partition coefficient (Wildman–Crippen LogP) is 2.62.